The summed E-state index contributed by atoms with van der Waals surface area (Å²) in [6.45, 7) is 9.09. The molecule has 3 heteroatoms. The normalized spacial score (nSPS) is 17.4. The quantitative estimate of drug-likeness (QED) is 0.573. The summed E-state index contributed by atoms with van der Waals surface area (Å²) in [5.74, 6) is 0. The highest BCUT2D eigenvalue weighted by molar-refractivity contribution is 6.54. The van der Waals surface area contributed by atoms with E-state index >= 15 is 0 Å². The zero-order valence-corrected chi connectivity index (χ0v) is 11.7. The minimum Gasteiger partial charge on any atom is -0.326 e. The van der Waals surface area contributed by atoms with Crippen molar-refractivity contribution in [3.05, 3.63) is 11.8 Å². The maximum Gasteiger partial charge on any atom is 0.219 e. The molecule has 0 saturated carbocycles. The maximum absolute atomic E-state index is 5.93. The van der Waals surface area contributed by atoms with E-state index in [4.69, 9.17) is 4.53 Å². The summed E-state index contributed by atoms with van der Waals surface area (Å²) < 4.78 is 5.93. The van der Waals surface area contributed by atoms with Gasteiger partial charge in [0, 0.05) is 5.70 Å². The van der Waals surface area contributed by atoms with Gasteiger partial charge in [-0.15, -0.1) is 0 Å². The number of hydroxylamine groups is 1. The zero-order valence-electron chi connectivity index (χ0n) is 10.5. The van der Waals surface area contributed by atoms with Crippen LogP contribution in [0.2, 0.25) is 11.1 Å². The molecule has 0 bridgehead atoms. The fraction of sp³-hybridized carbons (Fsp3) is 0.833. The topological polar surface area (TPSA) is 21.3 Å². The van der Waals surface area contributed by atoms with Crippen molar-refractivity contribution in [1.82, 2.24) is 5.48 Å². The van der Waals surface area contributed by atoms with Crippen molar-refractivity contribution in [3.63, 3.8) is 0 Å². The van der Waals surface area contributed by atoms with Crippen molar-refractivity contribution in [2.24, 2.45) is 0 Å². The highest BCUT2D eigenvalue weighted by atomic mass is 28.3. The van der Waals surface area contributed by atoms with Gasteiger partial charge in [-0.3, -0.25) is 5.48 Å². The molecule has 1 aliphatic rings. The second-order valence-corrected chi connectivity index (χ2v) is 8.98. The predicted molar refractivity (Wildman–Crippen MR) is 68.1 cm³/mol. The molecule has 0 unspecified atom stereocenters. The van der Waals surface area contributed by atoms with Gasteiger partial charge in [-0.2, -0.15) is 0 Å². The van der Waals surface area contributed by atoms with Crippen molar-refractivity contribution in [2.45, 2.75) is 64.5 Å². The SMILES string of the molecule is CC(C)[SiH](ONC1=CCCCC1)C(C)C. The van der Waals surface area contributed by atoms with Crippen LogP contribution in [0.15, 0.2) is 11.8 Å². The van der Waals surface area contributed by atoms with Gasteiger partial charge in [0.1, 0.15) is 0 Å². The Kier molecular flexibility index (Phi) is 5.40. The van der Waals surface area contributed by atoms with Crippen molar-refractivity contribution in [1.29, 1.82) is 0 Å². The molecule has 88 valence electrons. The van der Waals surface area contributed by atoms with Crippen LogP contribution in [-0.2, 0) is 4.53 Å². The summed E-state index contributed by atoms with van der Waals surface area (Å²) in [5, 5.41) is 0. The minimum absolute atomic E-state index is 0.696. The summed E-state index contributed by atoms with van der Waals surface area (Å²) in [6.07, 6.45) is 7.30. The van der Waals surface area contributed by atoms with E-state index in [0.29, 0.717) is 11.1 Å². The molecule has 0 aromatic rings. The molecule has 1 rings (SSSR count). The van der Waals surface area contributed by atoms with Crippen LogP contribution in [0.1, 0.15) is 53.4 Å². The highest BCUT2D eigenvalue weighted by Gasteiger charge is 2.22. The zero-order chi connectivity index (χ0) is 11.3. The van der Waals surface area contributed by atoms with Crippen molar-refractivity contribution >= 4 is 9.04 Å². The molecule has 1 aliphatic carbocycles. The summed E-state index contributed by atoms with van der Waals surface area (Å²) in [6, 6.07) is 0. The van der Waals surface area contributed by atoms with Gasteiger partial charge in [0.25, 0.3) is 0 Å². The van der Waals surface area contributed by atoms with Gasteiger partial charge in [0.2, 0.25) is 9.04 Å². The molecule has 0 aliphatic heterocycles. The molecule has 0 aromatic heterocycles. The number of hydrogen-bond acceptors (Lipinski definition) is 2. The molecule has 0 aromatic carbocycles. The van der Waals surface area contributed by atoms with Crippen LogP contribution in [0.5, 0.6) is 0 Å². The number of hydrogen-bond donors (Lipinski definition) is 1. The van der Waals surface area contributed by atoms with E-state index < -0.39 is 9.04 Å². The lowest BCUT2D eigenvalue weighted by atomic mass is 10.1. The molecular formula is C12H25NOSi. The average molecular weight is 227 g/mol. The summed E-state index contributed by atoms with van der Waals surface area (Å²) in [4.78, 5) is 0. The molecule has 0 saturated heterocycles. The summed E-state index contributed by atoms with van der Waals surface area (Å²) in [7, 11) is -1.10. The van der Waals surface area contributed by atoms with Gasteiger partial charge < -0.3 is 4.53 Å². The summed E-state index contributed by atoms with van der Waals surface area (Å²) >= 11 is 0. The van der Waals surface area contributed by atoms with Crippen molar-refractivity contribution in [2.75, 3.05) is 0 Å². The molecular weight excluding hydrogens is 202 g/mol. The molecule has 0 heterocycles. The van der Waals surface area contributed by atoms with E-state index in [-0.39, 0.29) is 0 Å². The lowest BCUT2D eigenvalue weighted by Gasteiger charge is -2.25. The third kappa shape index (κ3) is 4.39. The van der Waals surface area contributed by atoms with Crippen LogP contribution >= 0.6 is 0 Å². The average Bonchev–Trinajstić information content (AvgIpc) is 2.18. The van der Waals surface area contributed by atoms with E-state index in [2.05, 4.69) is 39.3 Å². The van der Waals surface area contributed by atoms with Crippen molar-refractivity contribution < 1.29 is 4.53 Å². The fourth-order valence-electron chi connectivity index (χ4n) is 2.12. The van der Waals surface area contributed by atoms with Gasteiger partial charge in [-0.1, -0.05) is 33.8 Å². The Morgan fingerprint density at radius 1 is 1.20 bits per heavy atom. The van der Waals surface area contributed by atoms with E-state index in [9.17, 15) is 0 Å². The predicted octanol–water partition coefficient (Wildman–Crippen LogP) is 3.51. The van der Waals surface area contributed by atoms with E-state index in [1.807, 2.05) is 0 Å². The smallest absolute Gasteiger partial charge is 0.219 e. The van der Waals surface area contributed by atoms with Crippen LogP contribution in [0.25, 0.3) is 0 Å². The van der Waals surface area contributed by atoms with Gasteiger partial charge in [-0.25, -0.2) is 0 Å². The van der Waals surface area contributed by atoms with Gasteiger partial charge >= 0.3 is 0 Å². The first-order valence-corrected chi connectivity index (χ1v) is 8.02. The maximum atomic E-state index is 5.93. The van der Waals surface area contributed by atoms with Crippen molar-refractivity contribution in [3.8, 4) is 0 Å². The van der Waals surface area contributed by atoms with Crippen LogP contribution in [-0.4, -0.2) is 9.04 Å². The molecule has 0 radical (unpaired) electrons. The first kappa shape index (κ1) is 12.8. The third-order valence-corrected chi connectivity index (χ3v) is 5.95. The van der Waals surface area contributed by atoms with Crippen LogP contribution < -0.4 is 5.48 Å². The second kappa shape index (κ2) is 6.33. The molecule has 0 fully saturated rings. The number of rotatable bonds is 5. The molecule has 0 amide bonds. The molecule has 0 spiro atoms. The Morgan fingerprint density at radius 3 is 2.33 bits per heavy atom. The first-order chi connectivity index (χ1) is 7.11. The lowest BCUT2D eigenvalue weighted by Crippen LogP contribution is -2.32. The number of allylic oxidation sites excluding steroid dienone is 2. The third-order valence-electron chi connectivity index (χ3n) is 2.93. The monoisotopic (exact) mass is 227 g/mol. The fourth-order valence-corrected chi connectivity index (χ4v) is 4.49. The van der Waals surface area contributed by atoms with Crippen LogP contribution in [0.3, 0.4) is 0 Å². The Labute approximate surface area is 95.8 Å². The van der Waals surface area contributed by atoms with E-state index in [1.54, 1.807) is 0 Å². The van der Waals surface area contributed by atoms with Crippen LogP contribution in [0.4, 0.5) is 0 Å². The van der Waals surface area contributed by atoms with E-state index in [0.717, 1.165) is 6.42 Å². The Bertz CT molecular complexity index is 206. The minimum atomic E-state index is -1.10. The second-order valence-electron chi connectivity index (χ2n) is 5.15. The van der Waals surface area contributed by atoms with Gasteiger partial charge in [0.05, 0.1) is 0 Å². The molecule has 0 atom stereocenters. The largest absolute Gasteiger partial charge is 0.326 e. The lowest BCUT2D eigenvalue weighted by molar-refractivity contribution is 0.212. The van der Waals surface area contributed by atoms with Gasteiger partial charge in [-0.05, 0) is 36.8 Å². The standard InChI is InChI=1S/C12H25NOSi/c1-10(2)15(11(3)4)14-13-12-8-6-5-7-9-12/h8,10-11,13,15H,5-7,9H2,1-4H3. The Morgan fingerprint density at radius 2 is 1.87 bits per heavy atom. The molecule has 2 nitrogen and oxygen atoms in total. The molecule has 15 heavy (non-hydrogen) atoms. The van der Waals surface area contributed by atoms with E-state index in [1.165, 1.54) is 25.0 Å². The number of nitrogens with one attached hydrogen (secondary N) is 1. The Balaban J connectivity index is 2.36. The van der Waals surface area contributed by atoms with Crippen LogP contribution in [0, 0.1) is 0 Å². The Hall–Kier alpha value is -0.283. The summed E-state index contributed by atoms with van der Waals surface area (Å²) in [5.41, 5.74) is 5.90. The highest BCUT2D eigenvalue weighted by Crippen LogP contribution is 2.21. The first-order valence-electron chi connectivity index (χ1n) is 6.22. The van der Waals surface area contributed by atoms with Gasteiger partial charge in [0.15, 0.2) is 0 Å². The molecule has 1 N–H and O–H groups in total.